The maximum atomic E-state index is 12.9. The normalized spacial score (nSPS) is 18.2. The van der Waals surface area contributed by atoms with Crippen molar-refractivity contribution in [2.24, 2.45) is 0 Å². The number of sulfonamides is 1. The maximum absolute atomic E-state index is 12.9. The number of anilines is 1. The predicted molar refractivity (Wildman–Crippen MR) is 92.1 cm³/mol. The number of fused-ring (bicyclic) bond motifs is 1. The molecule has 2 aromatic rings. The monoisotopic (exact) mass is 347 g/mol. The van der Waals surface area contributed by atoms with E-state index in [9.17, 15) is 13.2 Å². The number of carbonyl (C=O) groups excluding carboxylic acids is 1. The molecule has 0 bridgehead atoms. The molecule has 1 atom stereocenters. The second-order valence-electron chi connectivity index (χ2n) is 5.84. The molecule has 0 unspecified atom stereocenters. The summed E-state index contributed by atoms with van der Waals surface area (Å²) in [6.45, 7) is 4.76. The lowest BCUT2D eigenvalue weighted by Gasteiger charge is -2.33. The highest BCUT2D eigenvalue weighted by Gasteiger charge is 2.33. The summed E-state index contributed by atoms with van der Waals surface area (Å²) in [5.41, 5.74) is 1.60. The third-order valence-corrected chi connectivity index (χ3v) is 6.34. The average Bonchev–Trinajstić information content (AvgIpc) is 3.05. The number of amides is 1. The third-order valence-electron chi connectivity index (χ3n) is 4.35. The van der Waals surface area contributed by atoms with Crippen molar-refractivity contribution in [3.05, 3.63) is 48.3 Å². The molecule has 0 radical (unpaired) electrons. The molecule has 3 rings (SSSR count). The average molecular weight is 347 g/mol. The zero-order chi connectivity index (χ0) is 17.3. The Morgan fingerprint density at radius 1 is 1.21 bits per heavy atom. The zero-order valence-electron chi connectivity index (χ0n) is 13.8. The van der Waals surface area contributed by atoms with Crippen LogP contribution >= 0.6 is 0 Å². The van der Waals surface area contributed by atoms with Gasteiger partial charge in [-0.25, -0.2) is 8.42 Å². The van der Waals surface area contributed by atoms with Crippen LogP contribution < -0.4 is 5.32 Å². The van der Waals surface area contributed by atoms with Crippen LogP contribution in [0.4, 0.5) is 5.69 Å². The van der Waals surface area contributed by atoms with E-state index in [1.807, 2.05) is 25.3 Å². The number of nitrogens with zero attached hydrogens (tertiary/aromatic N) is 2. The van der Waals surface area contributed by atoms with Crippen molar-refractivity contribution in [3.63, 3.8) is 0 Å². The Hall–Kier alpha value is -2.12. The molecule has 1 aliphatic rings. The quantitative estimate of drug-likeness (QED) is 0.924. The van der Waals surface area contributed by atoms with Crippen LogP contribution in [0.5, 0.6) is 0 Å². The minimum Gasteiger partial charge on any atom is -0.349 e. The highest BCUT2D eigenvalue weighted by atomic mass is 32.2. The summed E-state index contributed by atoms with van der Waals surface area (Å²) >= 11 is 0. The van der Waals surface area contributed by atoms with Gasteiger partial charge in [-0.05, 0) is 43.3 Å². The van der Waals surface area contributed by atoms with Crippen LogP contribution in [0.2, 0.25) is 0 Å². The van der Waals surface area contributed by atoms with Gasteiger partial charge in [0.1, 0.15) is 0 Å². The lowest BCUT2D eigenvalue weighted by atomic mass is 10.2. The van der Waals surface area contributed by atoms with Gasteiger partial charge in [0.05, 0.1) is 10.9 Å². The van der Waals surface area contributed by atoms with Crippen molar-refractivity contribution in [1.82, 2.24) is 8.87 Å². The molecule has 0 aliphatic carbocycles. The summed E-state index contributed by atoms with van der Waals surface area (Å²) in [4.78, 5) is 11.6. The molecule has 1 aromatic heterocycles. The number of aromatic nitrogens is 1. The number of hydrogen-bond donors (Lipinski definition) is 1. The first-order valence-electron chi connectivity index (χ1n) is 8.00. The SMILES string of the molecule is CCC(=O)Nc1ccc(S(=O)(=O)N2CCn3cccc3[C@@H]2C)cc1. The van der Waals surface area contributed by atoms with Crippen LogP contribution in [0.25, 0.3) is 0 Å². The van der Waals surface area contributed by atoms with Gasteiger partial charge in [-0.1, -0.05) is 6.92 Å². The largest absolute Gasteiger partial charge is 0.349 e. The molecular formula is C17H21N3O3S. The van der Waals surface area contributed by atoms with Crippen molar-refractivity contribution in [1.29, 1.82) is 0 Å². The van der Waals surface area contributed by atoms with Gasteiger partial charge in [0.2, 0.25) is 15.9 Å². The van der Waals surface area contributed by atoms with E-state index in [4.69, 9.17) is 0 Å². The number of hydrogen-bond acceptors (Lipinski definition) is 3. The predicted octanol–water partition coefficient (Wildman–Crippen LogP) is 2.60. The molecule has 0 saturated heterocycles. The summed E-state index contributed by atoms with van der Waals surface area (Å²) in [5, 5.41) is 2.72. The maximum Gasteiger partial charge on any atom is 0.243 e. The van der Waals surface area contributed by atoms with Crippen LogP contribution in [0.15, 0.2) is 47.5 Å². The summed E-state index contributed by atoms with van der Waals surface area (Å²) in [5.74, 6) is -0.101. The molecule has 1 amide bonds. The van der Waals surface area contributed by atoms with Gasteiger partial charge < -0.3 is 9.88 Å². The van der Waals surface area contributed by atoms with E-state index in [1.165, 1.54) is 4.31 Å². The van der Waals surface area contributed by atoms with E-state index in [0.717, 1.165) is 5.69 Å². The first kappa shape index (κ1) is 16.7. The number of nitrogens with one attached hydrogen (secondary N) is 1. The molecule has 128 valence electrons. The van der Waals surface area contributed by atoms with E-state index in [-0.39, 0.29) is 16.8 Å². The lowest BCUT2D eigenvalue weighted by molar-refractivity contribution is -0.115. The van der Waals surface area contributed by atoms with Crippen molar-refractivity contribution in [2.75, 3.05) is 11.9 Å². The molecule has 1 aromatic carbocycles. The lowest BCUT2D eigenvalue weighted by Crippen LogP contribution is -2.40. The molecule has 0 fully saturated rings. The molecule has 24 heavy (non-hydrogen) atoms. The Kier molecular flexibility index (Phi) is 4.47. The highest BCUT2D eigenvalue weighted by molar-refractivity contribution is 7.89. The molecule has 0 spiro atoms. The van der Waals surface area contributed by atoms with Gasteiger partial charge in [-0.15, -0.1) is 0 Å². The number of benzene rings is 1. The molecule has 7 heteroatoms. The Morgan fingerprint density at radius 3 is 2.58 bits per heavy atom. The van der Waals surface area contributed by atoms with Crippen molar-refractivity contribution in [2.45, 2.75) is 37.8 Å². The topological polar surface area (TPSA) is 71.4 Å². The molecule has 1 N–H and O–H groups in total. The van der Waals surface area contributed by atoms with Gasteiger partial charge in [-0.2, -0.15) is 4.31 Å². The minimum atomic E-state index is -3.58. The summed E-state index contributed by atoms with van der Waals surface area (Å²) in [6, 6.07) is 10.0. The van der Waals surface area contributed by atoms with E-state index in [0.29, 0.717) is 25.2 Å². The van der Waals surface area contributed by atoms with Gasteiger partial charge in [0, 0.05) is 37.1 Å². The van der Waals surface area contributed by atoms with Crippen LogP contribution in [-0.2, 0) is 21.4 Å². The molecule has 0 saturated carbocycles. The van der Waals surface area contributed by atoms with E-state index in [1.54, 1.807) is 31.2 Å². The van der Waals surface area contributed by atoms with Crippen molar-refractivity contribution in [3.8, 4) is 0 Å². The number of carbonyl (C=O) groups is 1. The third kappa shape index (κ3) is 2.97. The van der Waals surface area contributed by atoms with Gasteiger partial charge in [0.15, 0.2) is 0 Å². The van der Waals surface area contributed by atoms with Crippen LogP contribution in [0.3, 0.4) is 0 Å². The number of rotatable bonds is 4. The van der Waals surface area contributed by atoms with Gasteiger partial charge in [-0.3, -0.25) is 4.79 Å². The summed E-state index contributed by atoms with van der Waals surface area (Å²) in [6.07, 6.45) is 2.35. The second kappa shape index (κ2) is 6.41. The molecule has 6 nitrogen and oxygen atoms in total. The Bertz CT molecular complexity index is 840. The van der Waals surface area contributed by atoms with Crippen LogP contribution in [0.1, 0.15) is 32.0 Å². The van der Waals surface area contributed by atoms with E-state index < -0.39 is 10.0 Å². The van der Waals surface area contributed by atoms with Crippen molar-refractivity contribution < 1.29 is 13.2 Å². The first-order chi connectivity index (χ1) is 11.4. The van der Waals surface area contributed by atoms with Crippen LogP contribution in [-0.4, -0.2) is 29.7 Å². The standard InChI is InChI=1S/C17H21N3O3S/c1-3-17(21)18-14-6-8-15(9-7-14)24(22,23)20-12-11-19-10-4-5-16(19)13(20)2/h4-10,13H,3,11-12H2,1-2H3,(H,18,21)/t13-/m0/s1. The second-order valence-corrected chi connectivity index (χ2v) is 7.73. The molecule has 1 aliphatic heterocycles. The Labute approximate surface area is 142 Å². The van der Waals surface area contributed by atoms with Crippen molar-refractivity contribution >= 4 is 21.6 Å². The molecule has 2 heterocycles. The minimum absolute atomic E-state index is 0.101. The van der Waals surface area contributed by atoms with E-state index >= 15 is 0 Å². The Balaban J connectivity index is 1.84. The van der Waals surface area contributed by atoms with Gasteiger partial charge >= 0.3 is 0 Å². The molecular weight excluding hydrogens is 326 g/mol. The van der Waals surface area contributed by atoms with E-state index in [2.05, 4.69) is 9.88 Å². The fourth-order valence-corrected chi connectivity index (χ4v) is 4.58. The van der Waals surface area contributed by atoms with Crippen LogP contribution in [0, 0.1) is 0 Å². The zero-order valence-corrected chi connectivity index (χ0v) is 14.6. The fraction of sp³-hybridized carbons (Fsp3) is 0.353. The fourth-order valence-electron chi connectivity index (χ4n) is 2.98. The summed E-state index contributed by atoms with van der Waals surface area (Å²) < 4.78 is 29.5. The summed E-state index contributed by atoms with van der Waals surface area (Å²) in [7, 11) is -3.58. The smallest absolute Gasteiger partial charge is 0.243 e. The van der Waals surface area contributed by atoms with Gasteiger partial charge in [0.25, 0.3) is 0 Å². The highest BCUT2D eigenvalue weighted by Crippen LogP contribution is 2.31. The first-order valence-corrected chi connectivity index (χ1v) is 9.44. The Morgan fingerprint density at radius 2 is 1.92 bits per heavy atom.